The SMILES string of the molecule is CC(=O)Nc1ccc(/C=C/C(=O)c2cc(F)ccc2F)cc1. The number of carbonyl (C=O) groups is 2. The summed E-state index contributed by atoms with van der Waals surface area (Å²) >= 11 is 0. The van der Waals surface area contributed by atoms with E-state index in [-0.39, 0.29) is 11.5 Å². The minimum Gasteiger partial charge on any atom is -0.326 e. The molecule has 0 atom stereocenters. The largest absolute Gasteiger partial charge is 0.326 e. The normalized spacial score (nSPS) is 10.7. The van der Waals surface area contributed by atoms with Crippen LogP contribution in [-0.4, -0.2) is 11.7 Å². The van der Waals surface area contributed by atoms with Crippen LogP contribution in [0.25, 0.3) is 6.08 Å². The van der Waals surface area contributed by atoms with Crippen molar-refractivity contribution < 1.29 is 18.4 Å². The molecule has 0 radical (unpaired) electrons. The van der Waals surface area contributed by atoms with E-state index in [1.54, 1.807) is 24.3 Å². The molecule has 0 spiro atoms. The smallest absolute Gasteiger partial charge is 0.221 e. The number of hydrogen-bond acceptors (Lipinski definition) is 2. The summed E-state index contributed by atoms with van der Waals surface area (Å²) in [5.74, 6) is -2.24. The van der Waals surface area contributed by atoms with Gasteiger partial charge in [0.1, 0.15) is 11.6 Å². The molecule has 0 aliphatic carbocycles. The Kier molecular flexibility index (Phi) is 4.78. The molecular weight excluding hydrogens is 288 g/mol. The Hall–Kier alpha value is -2.82. The maximum atomic E-state index is 13.5. The van der Waals surface area contributed by atoms with Gasteiger partial charge in [-0.05, 0) is 42.0 Å². The van der Waals surface area contributed by atoms with Crippen molar-refractivity contribution in [2.75, 3.05) is 5.32 Å². The third-order valence-corrected chi connectivity index (χ3v) is 2.85. The lowest BCUT2D eigenvalue weighted by Crippen LogP contribution is -2.05. The van der Waals surface area contributed by atoms with Gasteiger partial charge in [0.05, 0.1) is 5.56 Å². The fourth-order valence-corrected chi connectivity index (χ4v) is 1.83. The molecule has 1 N–H and O–H groups in total. The van der Waals surface area contributed by atoms with Crippen LogP contribution in [0.5, 0.6) is 0 Å². The molecule has 3 nitrogen and oxygen atoms in total. The summed E-state index contributed by atoms with van der Waals surface area (Å²) in [6.07, 6.45) is 2.66. The van der Waals surface area contributed by atoms with Crippen LogP contribution in [0.1, 0.15) is 22.8 Å². The van der Waals surface area contributed by atoms with Crippen LogP contribution < -0.4 is 5.32 Å². The summed E-state index contributed by atoms with van der Waals surface area (Å²) in [5.41, 5.74) is 1.01. The van der Waals surface area contributed by atoms with Crippen LogP contribution in [0.4, 0.5) is 14.5 Å². The lowest BCUT2D eigenvalue weighted by atomic mass is 10.1. The number of benzene rings is 2. The number of hydrogen-bond donors (Lipinski definition) is 1. The number of amides is 1. The molecule has 5 heteroatoms. The van der Waals surface area contributed by atoms with Gasteiger partial charge in [-0.25, -0.2) is 8.78 Å². The summed E-state index contributed by atoms with van der Waals surface area (Å²) in [7, 11) is 0. The molecule has 22 heavy (non-hydrogen) atoms. The molecule has 112 valence electrons. The Morgan fingerprint density at radius 1 is 1.05 bits per heavy atom. The first-order valence-electron chi connectivity index (χ1n) is 6.51. The minimum atomic E-state index is -0.767. The Morgan fingerprint density at radius 2 is 1.73 bits per heavy atom. The number of rotatable bonds is 4. The quantitative estimate of drug-likeness (QED) is 0.689. The molecule has 2 aromatic carbocycles. The van der Waals surface area contributed by atoms with Gasteiger partial charge in [-0.3, -0.25) is 9.59 Å². The van der Waals surface area contributed by atoms with Gasteiger partial charge in [0.25, 0.3) is 0 Å². The highest BCUT2D eigenvalue weighted by Gasteiger charge is 2.09. The highest BCUT2D eigenvalue weighted by atomic mass is 19.1. The predicted octanol–water partition coefficient (Wildman–Crippen LogP) is 3.82. The van der Waals surface area contributed by atoms with Crippen LogP contribution in [0, 0.1) is 11.6 Å². The Labute approximate surface area is 126 Å². The zero-order valence-electron chi connectivity index (χ0n) is 11.8. The van der Waals surface area contributed by atoms with Gasteiger partial charge in [0, 0.05) is 12.6 Å². The fourth-order valence-electron chi connectivity index (χ4n) is 1.83. The van der Waals surface area contributed by atoms with E-state index in [1.165, 1.54) is 19.1 Å². The molecule has 0 aromatic heterocycles. The third-order valence-electron chi connectivity index (χ3n) is 2.85. The highest BCUT2D eigenvalue weighted by molar-refractivity contribution is 6.07. The van der Waals surface area contributed by atoms with Crippen LogP contribution in [0.2, 0.25) is 0 Å². The number of halogens is 2. The molecule has 0 aliphatic heterocycles. The monoisotopic (exact) mass is 301 g/mol. The molecule has 2 aromatic rings. The first kappa shape index (κ1) is 15.6. The molecular formula is C17H13F2NO2. The van der Waals surface area contributed by atoms with Crippen molar-refractivity contribution in [3.8, 4) is 0 Å². The topological polar surface area (TPSA) is 46.2 Å². The van der Waals surface area contributed by atoms with Crippen molar-refractivity contribution in [2.24, 2.45) is 0 Å². The van der Waals surface area contributed by atoms with Crippen molar-refractivity contribution in [3.63, 3.8) is 0 Å². The van der Waals surface area contributed by atoms with Gasteiger partial charge < -0.3 is 5.32 Å². The summed E-state index contributed by atoms with van der Waals surface area (Å²) < 4.78 is 26.5. The number of allylic oxidation sites excluding steroid dienone is 1. The lowest BCUT2D eigenvalue weighted by Gasteiger charge is -2.02. The molecule has 0 bridgehead atoms. The van der Waals surface area contributed by atoms with Gasteiger partial charge in [0.15, 0.2) is 5.78 Å². The zero-order chi connectivity index (χ0) is 16.1. The van der Waals surface area contributed by atoms with E-state index in [1.807, 2.05) is 0 Å². The minimum absolute atomic E-state index is 0.181. The summed E-state index contributed by atoms with van der Waals surface area (Å²) in [6, 6.07) is 9.47. The van der Waals surface area contributed by atoms with E-state index in [2.05, 4.69) is 5.32 Å². The molecule has 0 fully saturated rings. The molecule has 0 saturated heterocycles. The second-order valence-corrected chi connectivity index (χ2v) is 4.62. The first-order valence-corrected chi connectivity index (χ1v) is 6.51. The van der Waals surface area contributed by atoms with Crippen LogP contribution in [-0.2, 0) is 4.79 Å². The average molecular weight is 301 g/mol. The van der Waals surface area contributed by atoms with Crippen molar-refractivity contribution in [3.05, 3.63) is 71.3 Å². The number of carbonyl (C=O) groups excluding carboxylic acids is 2. The summed E-state index contributed by atoms with van der Waals surface area (Å²) in [6.45, 7) is 1.40. The van der Waals surface area contributed by atoms with Crippen molar-refractivity contribution in [1.82, 2.24) is 0 Å². The van der Waals surface area contributed by atoms with Gasteiger partial charge in [0.2, 0.25) is 5.91 Å². The second-order valence-electron chi connectivity index (χ2n) is 4.62. The molecule has 0 saturated carbocycles. The highest BCUT2D eigenvalue weighted by Crippen LogP contribution is 2.14. The van der Waals surface area contributed by atoms with Crippen LogP contribution in [0.15, 0.2) is 48.5 Å². The summed E-state index contributed by atoms with van der Waals surface area (Å²) in [5, 5.41) is 2.62. The standard InChI is InChI=1S/C17H13F2NO2/c1-11(21)20-14-6-2-12(3-7-14)4-9-17(22)15-10-13(18)5-8-16(15)19/h2-10H,1H3,(H,20,21)/b9-4+. The molecule has 0 aliphatic rings. The van der Waals surface area contributed by atoms with Crippen LogP contribution in [0.3, 0.4) is 0 Å². The molecule has 0 heterocycles. The maximum Gasteiger partial charge on any atom is 0.221 e. The first-order chi connectivity index (χ1) is 10.5. The van der Waals surface area contributed by atoms with E-state index < -0.39 is 17.4 Å². The van der Waals surface area contributed by atoms with Gasteiger partial charge in [-0.2, -0.15) is 0 Å². The average Bonchev–Trinajstić information content (AvgIpc) is 2.48. The summed E-state index contributed by atoms with van der Waals surface area (Å²) in [4.78, 5) is 22.7. The van der Waals surface area contributed by atoms with E-state index in [4.69, 9.17) is 0 Å². The lowest BCUT2D eigenvalue weighted by molar-refractivity contribution is -0.114. The van der Waals surface area contributed by atoms with E-state index in [0.29, 0.717) is 11.3 Å². The Morgan fingerprint density at radius 3 is 2.36 bits per heavy atom. The number of ketones is 1. The molecule has 2 rings (SSSR count). The second kappa shape index (κ2) is 6.76. The van der Waals surface area contributed by atoms with Crippen LogP contribution >= 0.6 is 0 Å². The van der Waals surface area contributed by atoms with E-state index >= 15 is 0 Å². The number of nitrogens with one attached hydrogen (secondary N) is 1. The van der Waals surface area contributed by atoms with E-state index in [0.717, 1.165) is 18.2 Å². The van der Waals surface area contributed by atoms with E-state index in [9.17, 15) is 18.4 Å². The van der Waals surface area contributed by atoms with Gasteiger partial charge >= 0.3 is 0 Å². The number of anilines is 1. The van der Waals surface area contributed by atoms with Crippen molar-refractivity contribution in [1.29, 1.82) is 0 Å². The van der Waals surface area contributed by atoms with Crippen molar-refractivity contribution in [2.45, 2.75) is 6.92 Å². The molecule has 0 unspecified atom stereocenters. The fraction of sp³-hybridized carbons (Fsp3) is 0.0588. The Bertz CT molecular complexity index is 737. The van der Waals surface area contributed by atoms with Gasteiger partial charge in [-0.1, -0.05) is 18.2 Å². The predicted molar refractivity (Wildman–Crippen MR) is 80.5 cm³/mol. The van der Waals surface area contributed by atoms with Crippen molar-refractivity contribution >= 4 is 23.5 Å². The maximum absolute atomic E-state index is 13.5. The zero-order valence-corrected chi connectivity index (χ0v) is 11.8. The third kappa shape index (κ3) is 4.09. The van der Waals surface area contributed by atoms with Gasteiger partial charge in [-0.15, -0.1) is 0 Å². The molecule has 1 amide bonds. The Balaban J connectivity index is 2.12.